The third-order valence-electron chi connectivity index (χ3n) is 4.24. The Bertz CT molecular complexity index is 561. The highest BCUT2D eigenvalue weighted by Crippen LogP contribution is 2.26. The lowest BCUT2D eigenvalue weighted by molar-refractivity contribution is 0.332. The number of benzene rings is 1. The van der Waals surface area contributed by atoms with Crippen LogP contribution in [0.3, 0.4) is 0 Å². The third kappa shape index (κ3) is 3.40. The highest BCUT2D eigenvalue weighted by Gasteiger charge is 2.25. The lowest BCUT2D eigenvalue weighted by atomic mass is 9.88. The van der Waals surface area contributed by atoms with Crippen LogP contribution in [0.25, 0.3) is 0 Å². The summed E-state index contributed by atoms with van der Waals surface area (Å²) in [5.74, 6) is 0.707. The molecule has 0 radical (unpaired) electrons. The van der Waals surface area contributed by atoms with Gasteiger partial charge in [-0.25, -0.2) is 13.1 Å². The molecule has 0 aromatic heterocycles. The molecule has 5 heteroatoms. The molecule has 0 heterocycles. The van der Waals surface area contributed by atoms with Crippen molar-refractivity contribution in [3.05, 3.63) is 29.3 Å². The highest BCUT2D eigenvalue weighted by molar-refractivity contribution is 7.89. The van der Waals surface area contributed by atoms with Gasteiger partial charge in [-0.1, -0.05) is 19.1 Å². The van der Waals surface area contributed by atoms with E-state index in [1.165, 1.54) is 0 Å². The maximum atomic E-state index is 12.5. The van der Waals surface area contributed by atoms with Crippen LogP contribution in [0.5, 0.6) is 0 Å². The summed E-state index contributed by atoms with van der Waals surface area (Å²) >= 11 is 0. The Hall–Kier alpha value is -0.910. The van der Waals surface area contributed by atoms with Crippen LogP contribution >= 0.6 is 0 Å². The van der Waals surface area contributed by atoms with Gasteiger partial charge in [0.25, 0.3) is 0 Å². The second-order valence-electron chi connectivity index (χ2n) is 5.82. The van der Waals surface area contributed by atoms with E-state index in [1.54, 1.807) is 12.1 Å². The van der Waals surface area contributed by atoms with Crippen LogP contribution < -0.4 is 10.5 Å². The molecule has 1 aromatic carbocycles. The summed E-state index contributed by atoms with van der Waals surface area (Å²) in [6, 6.07) is 5.35. The quantitative estimate of drug-likeness (QED) is 0.895. The highest BCUT2D eigenvalue weighted by atomic mass is 32.2. The fourth-order valence-electron chi connectivity index (χ4n) is 2.83. The van der Waals surface area contributed by atoms with Gasteiger partial charge in [-0.3, -0.25) is 0 Å². The topological polar surface area (TPSA) is 72.2 Å². The van der Waals surface area contributed by atoms with Crippen LogP contribution in [-0.4, -0.2) is 14.5 Å². The molecule has 3 N–H and O–H groups in total. The summed E-state index contributed by atoms with van der Waals surface area (Å²) in [4.78, 5) is 0.360. The smallest absolute Gasteiger partial charge is 0.241 e. The monoisotopic (exact) mass is 296 g/mol. The van der Waals surface area contributed by atoms with Crippen LogP contribution in [0.2, 0.25) is 0 Å². The molecule has 1 aliphatic carbocycles. The SMILES string of the molecule is Cc1c(CN)cccc1S(=O)(=O)NC1CCC(C)CC1. The van der Waals surface area contributed by atoms with Crippen molar-refractivity contribution in [1.29, 1.82) is 0 Å². The van der Waals surface area contributed by atoms with Gasteiger partial charge in [-0.2, -0.15) is 0 Å². The van der Waals surface area contributed by atoms with Gasteiger partial charge >= 0.3 is 0 Å². The summed E-state index contributed by atoms with van der Waals surface area (Å²) in [7, 11) is -3.45. The normalized spacial score (nSPS) is 23.8. The molecule has 1 saturated carbocycles. The summed E-state index contributed by atoms with van der Waals surface area (Å²) < 4.78 is 27.9. The molecule has 0 saturated heterocycles. The van der Waals surface area contributed by atoms with E-state index in [1.807, 2.05) is 13.0 Å². The fourth-order valence-corrected chi connectivity index (χ4v) is 4.43. The van der Waals surface area contributed by atoms with Gasteiger partial charge in [0.15, 0.2) is 0 Å². The zero-order chi connectivity index (χ0) is 14.8. The van der Waals surface area contributed by atoms with Gasteiger partial charge in [-0.15, -0.1) is 0 Å². The minimum atomic E-state index is -3.45. The van der Waals surface area contributed by atoms with Crippen LogP contribution in [0.15, 0.2) is 23.1 Å². The Balaban J connectivity index is 2.18. The van der Waals surface area contributed by atoms with E-state index in [2.05, 4.69) is 11.6 Å². The lowest BCUT2D eigenvalue weighted by Gasteiger charge is -2.27. The largest absolute Gasteiger partial charge is 0.326 e. The third-order valence-corrected chi connectivity index (χ3v) is 5.91. The average molecular weight is 296 g/mol. The molecule has 0 spiro atoms. The Kier molecular flexibility index (Phi) is 4.83. The number of nitrogens with two attached hydrogens (primary N) is 1. The number of sulfonamides is 1. The van der Waals surface area contributed by atoms with Crippen LogP contribution in [0, 0.1) is 12.8 Å². The minimum absolute atomic E-state index is 0.0668. The van der Waals surface area contributed by atoms with Gasteiger partial charge in [0.1, 0.15) is 0 Å². The van der Waals surface area contributed by atoms with E-state index in [4.69, 9.17) is 5.73 Å². The molecule has 20 heavy (non-hydrogen) atoms. The minimum Gasteiger partial charge on any atom is -0.326 e. The van der Waals surface area contributed by atoms with Crippen molar-refractivity contribution in [2.45, 2.75) is 57.0 Å². The second-order valence-corrected chi connectivity index (χ2v) is 7.50. The van der Waals surface area contributed by atoms with E-state index in [-0.39, 0.29) is 6.04 Å². The number of nitrogens with one attached hydrogen (secondary N) is 1. The first-order chi connectivity index (χ1) is 9.44. The molecule has 0 amide bonds. The fraction of sp³-hybridized carbons (Fsp3) is 0.600. The van der Waals surface area contributed by atoms with Gasteiger partial charge in [0, 0.05) is 12.6 Å². The summed E-state index contributed by atoms with van der Waals surface area (Å²) in [5, 5.41) is 0. The van der Waals surface area contributed by atoms with E-state index in [0.29, 0.717) is 17.4 Å². The summed E-state index contributed by atoms with van der Waals surface area (Å²) in [5.41, 5.74) is 7.28. The van der Waals surface area contributed by atoms with Crippen molar-refractivity contribution < 1.29 is 8.42 Å². The van der Waals surface area contributed by atoms with Gasteiger partial charge in [0.2, 0.25) is 10.0 Å². The van der Waals surface area contributed by atoms with Crippen molar-refractivity contribution in [2.75, 3.05) is 0 Å². The number of rotatable bonds is 4. The zero-order valence-electron chi connectivity index (χ0n) is 12.2. The molecule has 4 nitrogen and oxygen atoms in total. The molecule has 0 unspecified atom stereocenters. The number of hydrogen-bond donors (Lipinski definition) is 2. The summed E-state index contributed by atoms with van der Waals surface area (Å²) in [6.45, 7) is 4.40. The molecule has 1 aromatic rings. The number of hydrogen-bond acceptors (Lipinski definition) is 3. The average Bonchev–Trinajstić information content (AvgIpc) is 2.41. The van der Waals surface area contributed by atoms with Crippen molar-refractivity contribution >= 4 is 10.0 Å². The van der Waals surface area contributed by atoms with Gasteiger partial charge < -0.3 is 5.73 Å². The van der Waals surface area contributed by atoms with Crippen molar-refractivity contribution in [3.63, 3.8) is 0 Å². The molecule has 0 aliphatic heterocycles. The van der Waals surface area contributed by atoms with E-state index >= 15 is 0 Å². The van der Waals surface area contributed by atoms with Crippen molar-refractivity contribution in [3.8, 4) is 0 Å². The molecule has 1 fully saturated rings. The Morgan fingerprint density at radius 3 is 2.50 bits per heavy atom. The molecular formula is C15H24N2O2S. The Labute approximate surface area is 121 Å². The van der Waals surface area contributed by atoms with Crippen molar-refractivity contribution in [2.24, 2.45) is 11.7 Å². The van der Waals surface area contributed by atoms with E-state index in [0.717, 1.165) is 36.8 Å². The predicted octanol–water partition coefficient (Wildman–Crippen LogP) is 2.31. The maximum Gasteiger partial charge on any atom is 0.241 e. The first-order valence-electron chi connectivity index (χ1n) is 7.25. The standard InChI is InChI=1S/C15H24N2O2S/c1-11-6-8-14(9-7-11)17-20(18,19)15-5-3-4-13(10-16)12(15)2/h3-5,11,14,17H,6-10,16H2,1-2H3. The van der Waals surface area contributed by atoms with Crippen LogP contribution in [0.1, 0.15) is 43.7 Å². The van der Waals surface area contributed by atoms with E-state index < -0.39 is 10.0 Å². The maximum absolute atomic E-state index is 12.5. The van der Waals surface area contributed by atoms with Crippen molar-refractivity contribution in [1.82, 2.24) is 4.72 Å². The molecule has 112 valence electrons. The Morgan fingerprint density at radius 2 is 1.90 bits per heavy atom. The predicted molar refractivity (Wildman–Crippen MR) is 80.8 cm³/mol. The van der Waals surface area contributed by atoms with Crippen LogP contribution in [-0.2, 0) is 16.6 Å². The first-order valence-corrected chi connectivity index (χ1v) is 8.73. The van der Waals surface area contributed by atoms with Crippen LogP contribution in [0.4, 0.5) is 0 Å². The molecule has 0 bridgehead atoms. The lowest BCUT2D eigenvalue weighted by Crippen LogP contribution is -2.37. The molecule has 2 rings (SSSR count). The van der Waals surface area contributed by atoms with E-state index in [9.17, 15) is 8.42 Å². The van der Waals surface area contributed by atoms with Gasteiger partial charge in [-0.05, 0) is 55.7 Å². The summed E-state index contributed by atoms with van der Waals surface area (Å²) in [6.07, 6.45) is 4.04. The molecule has 1 aliphatic rings. The molecular weight excluding hydrogens is 272 g/mol. The Morgan fingerprint density at radius 1 is 1.25 bits per heavy atom. The first kappa shape index (κ1) is 15.5. The second kappa shape index (κ2) is 6.24. The zero-order valence-corrected chi connectivity index (χ0v) is 13.0. The molecule has 0 atom stereocenters. The van der Waals surface area contributed by atoms with Gasteiger partial charge in [0.05, 0.1) is 4.90 Å².